The number of hydrogen-bond donors (Lipinski definition) is 1. The summed E-state index contributed by atoms with van der Waals surface area (Å²) in [6.45, 7) is 2.75. The number of hydrogen-bond acceptors (Lipinski definition) is 4. The van der Waals surface area contributed by atoms with Crippen LogP contribution in [0.1, 0.15) is 40.0 Å². The number of amides is 1. The van der Waals surface area contributed by atoms with E-state index in [0.717, 1.165) is 23.3 Å². The smallest absolute Gasteiger partial charge is 0.305 e. The van der Waals surface area contributed by atoms with E-state index < -0.39 is 22.5 Å². The van der Waals surface area contributed by atoms with Gasteiger partial charge >= 0.3 is 5.69 Å². The third-order valence-corrected chi connectivity index (χ3v) is 4.29. The van der Waals surface area contributed by atoms with Crippen LogP contribution in [0.5, 0.6) is 0 Å². The molecule has 7 heteroatoms. The number of ether oxygens (including phenoxy) is 1. The van der Waals surface area contributed by atoms with Gasteiger partial charge in [0.25, 0.3) is 5.91 Å². The van der Waals surface area contributed by atoms with Crippen molar-refractivity contribution < 1.29 is 18.8 Å². The van der Waals surface area contributed by atoms with Crippen LogP contribution in [0.3, 0.4) is 0 Å². The van der Waals surface area contributed by atoms with Gasteiger partial charge in [-0.05, 0) is 42.2 Å². The number of nitrogens with zero attached hydrogens (tertiary/aromatic N) is 1. The van der Waals surface area contributed by atoms with Gasteiger partial charge in [-0.3, -0.25) is 14.9 Å². The topological polar surface area (TPSA) is 81.5 Å². The van der Waals surface area contributed by atoms with Crippen molar-refractivity contribution >= 4 is 11.6 Å². The first-order valence-corrected chi connectivity index (χ1v) is 7.90. The van der Waals surface area contributed by atoms with Crippen LogP contribution < -0.4 is 5.32 Å². The Morgan fingerprint density at radius 3 is 2.92 bits per heavy atom. The molecular weight excluding hydrogens is 327 g/mol. The van der Waals surface area contributed by atoms with Crippen molar-refractivity contribution in [1.29, 1.82) is 0 Å². The Morgan fingerprint density at radius 2 is 2.16 bits per heavy atom. The molecule has 1 aliphatic heterocycles. The molecule has 0 radical (unpaired) electrons. The summed E-state index contributed by atoms with van der Waals surface area (Å²) in [5, 5.41) is 13.7. The molecule has 2 aromatic carbocycles. The molecule has 1 atom stereocenters. The number of nitro groups is 1. The van der Waals surface area contributed by atoms with Crippen molar-refractivity contribution in [1.82, 2.24) is 5.32 Å². The van der Waals surface area contributed by atoms with Gasteiger partial charge in [-0.2, -0.15) is 4.39 Å². The largest absolute Gasteiger partial charge is 0.376 e. The number of fused-ring (bicyclic) bond motifs is 1. The van der Waals surface area contributed by atoms with Gasteiger partial charge in [-0.25, -0.2) is 0 Å². The lowest BCUT2D eigenvalue weighted by molar-refractivity contribution is -0.387. The maximum absolute atomic E-state index is 13.5. The minimum Gasteiger partial charge on any atom is -0.376 e. The maximum Gasteiger partial charge on any atom is 0.305 e. The van der Waals surface area contributed by atoms with E-state index in [1.165, 1.54) is 6.07 Å². The van der Waals surface area contributed by atoms with Gasteiger partial charge in [-0.1, -0.05) is 18.2 Å². The first-order valence-electron chi connectivity index (χ1n) is 7.90. The van der Waals surface area contributed by atoms with Crippen molar-refractivity contribution in [3.8, 4) is 0 Å². The molecule has 3 rings (SSSR count). The van der Waals surface area contributed by atoms with E-state index in [1.54, 1.807) is 19.1 Å². The molecule has 2 aromatic rings. The molecule has 0 fully saturated rings. The molecule has 130 valence electrons. The quantitative estimate of drug-likeness (QED) is 0.681. The summed E-state index contributed by atoms with van der Waals surface area (Å²) >= 11 is 0. The average molecular weight is 344 g/mol. The van der Waals surface area contributed by atoms with Crippen LogP contribution in [0.2, 0.25) is 0 Å². The van der Waals surface area contributed by atoms with E-state index in [0.29, 0.717) is 30.8 Å². The van der Waals surface area contributed by atoms with Crippen LogP contribution in [-0.2, 0) is 17.8 Å². The van der Waals surface area contributed by atoms with Gasteiger partial charge in [0.2, 0.25) is 5.82 Å². The molecule has 0 spiro atoms. The normalized spacial score (nSPS) is 14.5. The second kappa shape index (κ2) is 6.98. The first-order chi connectivity index (χ1) is 12.0. The van der Waals surface area contributed by atoms with Crippen molar-refractivity contribution in [3.63, 3.8) is 0 Å². The van der Waals surface area contributed by atoms with Crippen LogP contribution in [0, 0.1) is 15.9 Å². The Hall–Kier alpha value is -2.80. The van der Waals surface area contributed by atoms with E-state index in [4.69, 9.17) is 4.74 Å². The molecule has 1 aliphatic rings. The Labute approximate surface area is 143 Å². The zero-order valence-corrected chi connectivity index (χ0v) is 13.6. The molecule has 0 bridgehead atoms. The number of rotatable bonds is 4. The minimum absolute atomic E-state index is 0.266. The Bertz CT molecular complexity index is 838. The molecule has 1 heterocycles. The van der Waals surface area contributed by atoms with Crippen molar-refractivity contribution in [2.45, 2.75) is 26.0 Å². The van der Waals surface area contributed by atoms with E-state index in [2.05, 4.69) is 5.32 Å². The van der Waals surface area contributed by atoms with Gasteiger partial charge < -0.3 is 10.1 Å². The molecule has 0 saturated carbocycles. The SMILES string of the molecule is C[C@H](NC(=O)c1cccc2c1CCOC2)c1ccc(F)c([N+](=O)[O-])c1. The van der Waals surface area contributed by atoms with Crippen LogP contribution in [0.15, 0.2) is 36.4 Å². The Morgan fingerprint density at radius 1 is 1.36 bits per heavy atom. The van der Waals surface area contributed by atoms with Gasteiger partial charge in [0.05, 0.1) is 24.2 Å². The standard InChI is InChI=1S/C18H17FN2O4/c1-11(12-5-6-16(19)17(9-12)21(23)24)20-18(22)15-4-2-3-13-10-25-8-7-14(13)15/h2-6,9,11H,7-8,10H2,1H3,(H,20,22)/t11-/m0/s1. The van der Waals surface area contributed by atoms with Crippen LogP contribution in [0.4, 0.5) is 10.1 Å². The third-order valence-electron chi connectivity index (χ3n) is 4.29. The number of carbonyl (C=O) groups is 1. The number of nitro benzene ring substituents is 1. The zero-order chi connectivity index (χ0) is 18.0. The highest BCUT2D eigenvalue weighted by Crippen LogP contribution is 2.24. The molecule has 0 aromatic heterocycles. The van der Waals surface area contributed by atoms with Crippen molar-refractivity contribution in [2.24, 2.45) is 0 Å². The second-order valence-electron chi connectivity index (χ2n) is 5.91. The lowest BCUT2D eigenvalue weighted by Crippen LogP contribution is -2.28. The highest BCUT2D eigenvalue weighted by molar-refractivity contribution is 5.96. The summed E-state index contributed by atoms with van der Waals surface area (Å²) in [5.74, 6) is -1.16. The molecule has 0 aliphatic carbocycles. The molecule has 6 nitrogen and oxygen atoms in total. The number of halogens is 1. The van der Waals surface area contributed by atoms with Crippen LogP contribution in [-0.4, -0.2) is 17.4 Å². The maximum atomic E-state index is 13.5. The monoisotopic (exact) mass is 344 g/mol. The Kier molecular flexibility index (Phi) is 4.76. The van der Waals surface area contributed by atoms with E-state index in [1.807, 2.05) is 6.07 Å². The van der Waals surface area contributed by atoms with E-state index >= 15 is 0 Å². The number of carbonyl (C=O) groups excluding carboxylic acids is 1. The van der Waals surface area contributed by atoms with Crippen molar-refractivity contribution in [3.05, 3.63) is 74.6 Å². The summed E-state index contributed by atoms with van der Waals surface area (Å²) in [4.78, 5) is 22.7. The predicted octanol–water partition coefficient (Wildman–Crippen LogP) is 3.30. The lowest BCUT2D eigenvalue weighted by Gasteiger charge is -2.21. The minimum atomic E-state index is -0.899. The van der Waals surface area contributed by atoms with Gasteiger partial charge in [0, 0.05) is 11.6 Å². The Balaban J connectivity index is 1.82. The van der Waals surface area contributed by atoms with Crippen molar-refractivity contribution in [2.75, 3.05) is 6.61 Å². The molecule has 0 saturated heterocycles. The summed E-state index contributed by atoms with van der Waals surface area (Å²) in [6, 6.07) is 8.60. The zero-order valence-electron chi connectivity index (χ0n) is 13.6. The summed E-state index contributed by atoms with van der Waals surface area (Å²) < 4.78 is 18.9. The lowest BCUT2D eigenvalue weighted by atomic mass is 9.96. The third kappa shape index (κ3) is 3.51. The summed E-state index contributed by atoms with van der Waals surface area (Å²) in [5.41, 5.74) is 2.39. The fraction of sp³-hybridized carbons (Fsp3) is 0.278. The van der Waals surface area contributed by atoms with Gasteiger partial charge in [0.15, 0.2) is 0 Å². The van der Waals surface area contributed by atoms with Gasteiger partial charge in [0.1, 0.15) is 0 Å². The molecule has 25 heavy (non-hydrogen) atoms. The average Bonchev–Trinajstić information content (AvgIpc) is 2.61. The first kappa shape index (κ1) is 17.0. The highest BCUT2D eigenvalue weighted by Gasteiger charge is 2.21. The molecular formula is C18H17FN2O4. The van der Waals surface area contributed by atoms with E-state index in [9.17, 15) is 19.3 Å². The molecule has 1 amide bonds. The fourth-order valence-electron chi connectivity index (χ4n) is 2.93. The predicted molar refractivity (Wildman–Crippen MR) is 88.7 cm³/mol. The summed E-state index contributed by atoms with van der Waals surface area (Å²) in [7, 11) is 0. The summed E-state index contributed by atoms with van der Waals surface area (Å²) in [6.07, 6.45) is 0.662. The van der Waals surface area contributed by atoms with Crippen LogP contribution >= 0.6 is 0 Å². The number of benzene rings is 2. The fourth-order valence-corrected chi connectivity index (χ4v) is 2.93. The molecule has 1 N–H and O–H groups in total. The van der Waals surface area contributed by atoms with Crippen LogP contribution in [0.25, 0.3) is 0 Å². The second-order valence-corrected chi connectivity index (χ2v) is 5.91. The highest BCUT2D eigenvalue weighted by atomic mass is 19.1. The molecule has 0 unspecified atom stereocenters. The van der Waals surface area contributed by atoms with Gasteiger partial charge in [-0.15, -0.1) is 0 Å². The van der Waals surface area contributed by atoms with E-state index in [-0.39, 0.29) is 5.91 Å². The number of nitrogens with one attached hydrogen (secondary N) is 1.